The van der Waals surface area contributed by atoms with Gasteiger partial charge in [0.2, 0.25) is 15.2 Å². The van der Waals surface area contributed by atoms with Gasteiger partial charge in [-0.05, 0) is 60.6 Å². The second-order valence-electron chi connectivity index (χ2n) is 10.9. The summed E-state index contributed by atoms with van der Waals surface area (Å²) in [5, 5.41) is 9.74. The molecule has 2 aliphatic rings. The van der Waals surface area contributed by atoms with Crippen molar-refractivity contribution in [2.75, 3.05) is 18.1 Å². The summed E-state index contributed by atoms with van der Waals surface area (Å²) in [6.07, 6.45) is 6.39. The molecule has 0 N–H and O–H groups in total. The molecule has 1 fully saturated rings. The Kier molecular flexibility index (Phi) is 9.13. The molecule has 6 rings (SSSR count). The number of piperidine rings is 1. The van der Waals surface area contributed by atoms with Crippen LogP contribution in [0.25, 0.3) is 11.3 Å². The van der Waals surface area contributed by atoms with E-state index in [1.54, 1.807) is 22.7 Å². The van der Waals surface area contributed by atoms with Crippen LogP contribution in [0.4, 0.5) is 5.13 Å². The van der Waals surface area contributed by atoms with Gasteiger partial charge < -0.3 is 4.42 Å². The van der Waals surface area contributed by atoms with Gasteiger partial charge in [0.25, 0.3) is 0 Å². The Morgan fingerprint density at radius 1 is 0.976 bits per heavy atom. The Bertz CT molecular complexity index is 1570. The third-order valence-electron chi connectivity index (χ3n) is 7.50. The minimum atomic E-state index is -3.46. The molecule has 10 heteroatoms. The van der Waals surface area contributed by atoms with Crippen molar-refractivity contribution in [2.45, 2.75) is 56.9 Å². The quantitative estimate of drug-likeness (QED) is 0.194. The number of aromatic nitrogens is 1. The SMILES string of the molecule is Br.CC(C)Cc1ccc(C2=NN(c3nc(-c4ccc(S(=O)(=O)N5CCCCC5)cc4)cs3)C(c3ccco3)C2)cc1. The van der Waals surface area contributed by atoms with Crippen LogP contribution in [-0.2, 0) is 16.4 Å². The van der Waals surface area contributed by atoms with Crippen LogP contribution in [0.15, 0.2) is 86.7 Å². The van der Waals surface area contributed by atoms with Crippen LogP contribution in [0.1, 0.15) is 62.5 Å². The Morgan fingerprint density at radius 3 is 2.34 bits per heavy atom. The second kappa shape index (κ2) is 12.6. The van der Waals surface area contributed by atoms with E-state index in [0.717, 1.165) is 65.5 Å². The third-order valence-corrected chi connectivity index (χ3v) is 10.2. The summed E-state index contributed by atoms with van der Waals surface area (Å²) >= 11 is 1.52. The van der Waals surface area contributed by atoms with Crippen molar-refractivity contribution >= 4 is 49.2 Å². The molecule has 1 atom stereocenters. The minimum Gasteiger partial charge on any atom is -0.467 e. The van der Waals surface area contributed by atoms with E-state index in [2.05, 4.69) is 38.1 Å². The number of hydrogen-bond acceptors (Lipinski definition) is 7. The number of hydrogen-bond donors (Lipinski definition) is 0. The molecule has 7 nitrogen and oxygen atoms in total. The first-order valence-corrected chi connectivity index (χ1v) is 16.3. The van der Waals surface area contributed by atoms with Crippen LogP contribution >= 0.6 is 28.3 Å². The molecule has 216 valence electrons. The summed E-state index contributed by atoms with van der Waals surface area (Å²) < 4.78 is 33.5. The highest BCUT2D eigenvalue weighted by Crippen LogP contribution is 2.39. The normalized spacial score (nSPS) is 18.0. The lowest BCUT2D eigenvalue weighted by Crippen LogP contribution is -2.35. The van der Waals surface area contributed by atoms with Gasteiger partial charge in [-0.1, -0.05) is 56.7 Å². The zero-order valence-electron chi connectivity index (χ0n) is 23.3. The first kappa shape index (κ1) is 29.7. The summed E-state index contributed by atoms with van der Waals surface area (Å²) in [6.45, 7) is 5.65. The van der Waals surface area contributed by atoms with Gasteiger partial charge in [0.05, 0.1) is 22.6 Å². The molecule has 0 aliphatic carbocycles. The molecule has 0 radical (unpaired) electrons. The van der Waals surface area contributed by atoms with Gasteiger partial charge in [0.15, 0.2) is 0 Å². The van der Waals surface area contributed by atoms with Gasteiger partial charge in [0, 0.05) is 30.5 Å². The lowest BCUT2D eigenvalue weighted by Gasteiger charge is -2.25. The number of thiazole rings is 1. The maximum absolute atomic E-state index is 13.1. The number of nitrogens with zero attached hydrogens (tertiary/aromatic N) is 4. The second-order valence-corrected chi connectivity index (χ2v) is 13.7. The van der Waals surface area contributed by atoms with Gasteiger partial charge >= 0.3 is 0 Å². The lowest BCUT2D eigenvalue weighted by molar-refractivity contribution is 0.346. The zero-order valence-corrected chi connectivity index (χ0v) is 26.6. The molecule has 1 unspecified atom stereocenters. The fraction of sp³-hybridized carbons (Fsp3) is 0.355. The molecule has 0 bridgehead atoms. The number of halogens is 1. The molecule has 4 heterocycles. The molecule has 4 aromatic rings. The molecule has 2 aromatic heterocycles. The molecule has 41 heavy (non-hydrogen) atoms. The highest BCUT2D eigenvalue weighted by atomic mass is 79.9. The largest absolute Gasteiger partial charge is 0.467 e. The van der Waals surface area contributed by atoms with E-state index in [1.807, 2.05) is 34.7 Å². The minimum absolute atomic E-state index is 0. The van der Waals surface area contributed by atoms with E-state index < -0.39 is 10.0 Å². The van der Waals surface area contributed by atoms with E-state index in [4.69, 9.17) is 14.5 Å². The van der Waals surface area contributed by atoms with Gasteiger partial charge in [0.1, 0.15) is 11.8 Å². The van der Waals surface area contributed by atoms with Gasteiger partial charge in [-0.15, -0.1) is 28.3 Å². The van der Waals surface area contributed by atoms with Crippen LogP contribution in [0.3, 0.4) is 0 Å². The Labute approximate surface area is 256 Å². The Balaban J connectivity index is 0.00000337. The summed E-state index contributed by atoms with van der Waals surface area (Å²) in [6, 6.07) is 19.6. The van der Waals surface area contributed by atoms with E-state index in [1.165, 1.54) is 16.9 Å². The van der Waals surface area contributed by atoms with E-state index in [9.17, 15) is 8.42 Å². The van der Waals surface area contributed by atoms with E-state index in [0.29, 0.717) is 23.9 Å². The summed E-state index contributed by atoms with van der Waals surface area (Å²) in [5.74, 6) is 1.46. The van der Waals surface area contributed by atoms with Crippen LogP contribution in [0.2, 0.25) is 0 Å². The third kappa shape index (κ3) is 6.35. The number of benzene rings is 2. The fourth-order valence-electron chi connectivity index (χ4n) is 5.42. The number of anilines is 1. The first-order valence-electron chi connectivity index (χ1n) is 13.9. The van der Waals surface area contributed by atoms with Crippen LogP contribution in [-0.4, -0.2) is 36.5 Å². The Morgan fingerprint density at radius 2 is 1.68 bits per heavy atom. The van der Waals surface area contributed by atoms with Crippen molar-refractivity contribution in [3.63, 3.8) is 0 Å². The topological polar surface area (TPSA) is 79.0 Å². The molecule has 2 aromatic carbocycles. The first-order chi connectivity index (χ1) is 19.4. The van der Waals surface area contributed by atoms with E-state index >= 15 is 0 Å². The van der Waals surface area contributed by atoms with Crippen LogP contribution in [0.5, 0.6) is 0 Å². The number of furan rings is 1. The number of rotatable bonds is 8. The molecule has 1 saturated heterocycles. The zero-order chi connectivity index (χ0) is 27.7. The maximum atomic E-state index is 13.1. The predicted octanol–water partition coefficient (Wildman–Crippen LogP) is 7.71. The fourth-order valence-corrected chi connectivity index (χ4v) is 7.77. The molecule has 0 saturated carbocycles. The van der Waals surface area contributed by atoms with E-state index in [-0.39, 0.29) is 23.0 Å². The van der Waals surface area contributed by atoms with Gasteiger partial charge in [-0.3, -0.25) is 0 Å². The maximum Gasteiger partial charge on any atom is 0.243 e. The molecular formula is C31H35BrN4O3S2. The highest BCUT2D eigenvalue weighted by Gasteiger charge is 2.33. The molecule has 0 spiro atoms. The van der Waals surface area contributed by atoms with Crippen molar-refractivity contribution < 1.29 is 12.8 Å². The monoisotopic (exact) mass is 654 g/mol. The van der Waals surface area contributed by atoms with Gasteiger partial charge in [-0.25, -0.2) is 18.4 Å². The summed E-state index contributed by atoms with van der Waals surface area (Å²) in [7, 11) is -3.46. The Hall–Kier alpha value is -2.79. The summed E-state index contributed by atoms with van der Waals surface area (Å²) in [5.41, 5.74) is 5.10. The standard InChI is InChI=1S/C31H34N4O3S2.BrH/c1-22(2)19-23-8-10-24(11-9-23)27-20-29(30-7-6-18-38-30)35(33-27)31-32-28(21-39-31)25-12-14-26(15-13-25)40(36,37)34-16-4-3-5-17-34;/h6-15,18,21-22,29H,3-5,16-17,19-20H2,1-2H3;1H. The predicted molar refractivity (Wildman–Crippen MR) is 171 cm³/mol. The smallest absolute Gasteiger partial charge is 0.243 e. The van der Waals surface area contributed by atoms with Crippen LogP contribution in [0, 0.1) is 5.92 Å². The number of sulfonamides is 1. The molecule has 0 amide bonds. The number of hydrazone groups is 1. The van der Waals surface area contributed by atoms with Crippen molar-refractivity contribution in [3.05, 3.63) is 89.2 Å². The van der Waals surface area contributed by atoms with Crippen molar-refractivity contribution in [2.24, 2.45) is 11.0 Å². The molecular weight excluding hydrogens is 620 g/mol. The van der Waals surface area contributed by atoms with Crippen LogP contribution < -0.4 is 5.01 Å². The average Bonchev–Trinajstić information content (AvgIpc) is 3.75. The van der Waals surface area contributed by atoms with Gasteiger partial charge in [-0.2, -0.15) is 9.41 Å². The average molecular weight is 656 g/mol. The van der Waals surface area contributed by atoms with Crippen molar-refractivity contribution in [1.29, 1.82) is 0 Å². The van der Waals surface area contributed by atoms with Crippen molar-refractivity contribution in [1.82, 2.24) is 9.29 Å². The summed E-state index contributed by atoms with van der Waals surface area (Å²) in [4.78, 5) is 5.25. The highest BCUT2D eigenvalue weighted by molar-refractivity contribution is 8.93. The van der Waals surface area contributed by atoms with Crippen molar-refractivity contribution in [3.8, 4) is 11.3 Å². The lowest BCUT2D eigenvalue weighted by atomic mass is 9.98. The molecule has 2 aliphatic heterocycles.